The minimum atomic E-state index is -1.11. The van der Waals surface area contributed by atoms with E-state index in [1.807, 2.05) is 0 Å². The van der Waals surface area contributed by atoms with Crippen molar-refractivity contribution in [1.82, 2.24) is 9.97 Å². The Morgan fingerprint density at radius 3 is 2.69 bits per heavy atom. The Labute approximate surface area is 206 Å². The first kappa shape index (κ1) is 23.9. The molecule has 1 aliphatic heterocycles. The lowest BCUT2D eigenvalue weighted by atomic mass is 9.85. The summed E-state index contributed by atoms with van der Waals surface area (Å²) in [5.41, 5.74) is 5.71. The number of anilines is 1. The fourth-order valence-corrected chi connectivity index (χ4v) is 6.40. The number of hydrogen-bond acceptors (Lipinski definition) is 8. The third kappa shape index (κ3) is 3.94. The number of fused-ring (bicyclic) bond motifs is 1. The highest BCUT2D eigenvalue weighted by Crippen LogP contribution is 2.66. The lowest BCUT2D eigenvalue weighted by Crippen LogP contribution is -2.38. The number of aromatic nitrogens is 2. The van der Waals surface area contributed by atoms with Crippen molar-refractivity contribution in [3.05, 3.63) is 46.9 Å². The normalized spacial score (nSPS) is 28.1. The van der Waals surface area contributed by atoms with Gasteiger partial charge in [0.05, 0.1) is 35.9 Å². The van der Waals surface area contributed by atoms with E-state index >= 15 is 4.39 Å². The van der Waals surface area contributed by atoms with Crippen LogP contribution in [0.5, 0.6) is 5.88 Å². The van der Waals surface area contributed by atoms with Crippen molar-refractivity contribution in [2.75, 3.05) is 26.1 Å². The van der Waals surface area contributed by atoms with Gasteiger partial charge in [-0.1, -0.05) is 18.7 Å². The number of nitrogens with one attached hydrogen (secondary N) is 1. The molecule has 0 spiro atoms. The summed E-state index contributed by atoms with van der Waals surface area (Å²) < 4.78 is 40.2. The predicted molar refractivity (Wildman–Crippen MR) is 129 cm³/mol. The molecule has 5 rings (SSSR count). The molecular formula is C24H27F2N5O3S. The van der Waals surface area contributed by atoms with Gasteiger partial charge in [0.2, 0.25) is 5.88 Å². The third-order valence-corrected chi connectivity index (χ3v) is 8.62. The number of ether oxygens (including phenoxy) is 2. The van der Waals surface area contributed by atoms with E-state index in [1.54, 1.807) is 20.2 Å². The minimum absolute atomic E-state index is 0.0223. The number of thioether (sulfide) groups is 1. The van der Waals surface area contributed by atoms with E-state index in [9.17, 15) is 9.18 Å². The van der Waals surface area contributed by atoms with E-state index in [-0.39, 0.29) is 44.1 Å². The quantitative estimate of drug-likeness (QED) is 0.592. The second-order valence-corrected chi connectivity index (χ2v) is 11.3. The maximum Gasteiger partial charge on any atom is 0.279 e. The average molecular weight is 504 g/mol. The number of carbonyl (C=O) groups is 1. The van der Waals surface area contributed by atoms with E-state index in [0.717, 1.165) is 24.6 Å². The first-order valence-electron chi connectivity index (χ1n) is 11.3. The number of carbonyl (C=O) groups excluding carboxylic acids is 1. The van der Waals surface area contributed by atoms with Crippen LogP contribution in [0.3, 0.4) is 0 Å². The first-order chi connectivity index (χ1) is 16.5. The summed E-state index contributed by atoms with van der Waals surface area (Å²) in [5.74, 6) is -2.79. The molecule has 2 fully saturated rings. The van der Waals surface area contributed by atoms with E-state index < -0.39 is 23.1 Å². The van der Waals surface area contributed by atoms with Gasteiger partial charge in [0.15, 0.2) is 22.5 Å². The zero-order valence-electron chi connectivity index (χ0n) is 19.9. The summed E-state index contributed by atoms with van der Waals surface area (Å²) in [6.07, 6.45) is 4.24. The smallest absolute Gasteiger partial charge is 0.279 e. The lowest BCUT2D eigenvalue weighted by Gasteiger charge is -2.34. The van der Waals surface area contributed by atoms with Crippen LogP contribution >= 0.6 is 11.8 Å². The first-order valence-corrected chi connectivity index (χ1v) is 12.1. The fourth-order valence-electron chi connectivity index (χ4n) is 4.95. The Kier molecular flexibility index (Phi) is 5.55. The number of nitrogens with two attached hydrogens (primary N) is 1. The number of amidine groups is 1. The van der Waals surface area contributed by atoms with Crippen LogP contribution in [-0.2, 0) is 15.7 Å². The molecule has 3 N–H and O–H groups in total. The maximum absolute atomic E-state index is 15.1. The summed E-state index contributed by atoms with van der Waals surface area (Å²) in [6, 6.07) is 2.33. The number of rotatable bonds is 7. The second-order valence-electron chi connectivity index (χ2n) is 9.90. The Balaban J connectivity index is 1.47. The second kappa shape index (κ2) is 8.12. The summed E-state index contributed by atoms with van der Waals surface area (Å²) in [4.78, 5) is 26.2. The molecule has 0 bridgehead atoms. The van der Waals surface area contributed by atoms with E-state index in [2.05, 4.69) is 27.2 Å². The van der Waals surface area contributed by atoms with Crippen molar-refractivity contribution in [3.8, 4) is 5.88 Å². The maximum atomic E-state index is 15.1. The molecule has 0 unspecified atom stereocenters. The summed E-state index contributed by atoms with van der Waals surface area (Å²) in [7, 11) is 3.00. The van der Waals surface area contributed by atoms with Crippen molar-refractivity contribution < 1.29 is 23.0 Å². The van der Waals surface area contributed by atoms with E-state index in [1.165, 1.54) is 24.9 Å². The molecule has 1 aromatic heterocycles. The number of nitrogens with zero attached hydrogens (tertiary/aromatic N) is 3. The zero-order valence-corrected chi connectivity index (χ0v) is 20.8. The molecule has 0 saturated heterocycles. The molecule has 11 heteroatoms. The van der Waals surface area contributed by atoms with Crippen molar-refractivity contribution in [2.45, 2.75) is 48.8 Å². The molecule has 2 aromatic rings. The van der Waals surface area contributed by atoms with Gasteiger partial charge in [-0.15, -0.1) is 0 Å². The molecule has 0 radical (unpaired) electrons. The largest absolute Gasteiger partial charge is 0.479 e. The van der Waals surface area contributed by atoms with Crippen LogP contribution in [0.2, 0.25) is 0 Å². The molecule has 1 aromatic carbocycles. The number of aliphatic imine (C=N–C) groups is 1. The lowest BCUT2D eigenvalue weighted by molar-refractivity contribution is 0.101. The number of hydrogen-bond donors (Lipinski definition) is 2. The molecule has 2 aliphatic carbocycles. The van der Waals surface area contributed by atoms with Crippen LogP contribution in [0.1, 0.15) is 54.9 Å². The Morgan fingerprint density at radius 2 is 2.03 bits per heavy atom. The van der Waals surface area contributed by atoms with Crippen LogP contribution in [0.4, 0.5) is 14.5 Å². The standard InChI is InChI=1S/C24H27F2N5O3S/c1-22(5-6-22)16-10-28-18(20(30-16)34-4)19(32)29-12-7-13(17(26)14(25)8-12)23(2)15-9-24(15,11-33-3)35-21(27)31-23/h7-8,10,15H,5-6,9,11H2,1-4H3,(H2,27,31)(H,29,32)/t15-,23+,24+/m0/s1. The van der Waals surface area contributed by atoms with E-state index in [4.69, 9.17) is 15.2 Å². The van der Waals surface area contributed by atoms with Crippen molar-refractivity contribution in [2.24, 2.45) is 16.6 Å². The summed E-state index contributed by atoms with van der Waals surface area (Å²) in [6.45, 7) is 4.22. The molecule has 35 heavy (non-hydrogen) atoms. The van der Waals surface area contributed by atoms with Crippen molar-refractivity contribution in [1.29, 1.82) is 0 Å². The Bertz CT molecular complexity index is 1250. The fraction of sp³-hybridized carbons (Fsp3) is 0.500. The van der Waals surface area contributed by atoms with Crippen LogP contribution in [0.15, 0.2) is 23.3 Å². The van der Waals surface area contributed by atoms with Gasteiger partial charge in [0, 0.05) is 35.8 Å². The molecular weight excluding hydrogens is 476 g/mol. The molecule has 8 nitrogen and oxygen atoms in total. The minimum Gasteiger partial charge on any atom is -0.479 e. The third-order valence-electron chi connectivity index (χ3n) is 7.34. The van der Waals surface area contributed by atoms with Gasteiger partial charge in [-0.05, 0) is 32.3 Å². The van der Waals surface area contributed by atoms with Gasteiger partial charge in [-0.3, -0.25) is 9.79 Å². The topological polar surface area (TPSA) is 112 Å². The highest BCUT2D eigenvalue weighted by atomic mass is 32.2. The average Bonchev–Trinajstić information content (AvgIpc) is 3.72. The number of benzene rings is 1. The van der Waals surface area contributed by atoms with Gasteiger partial charge in [0.25, 0.3) is 5.91 Å². The highest BCUT2D eigenvalue weighted by Gasteiger charge is 2.66. The molecule has 186 valence electrons. The molecule has 3 atom stereocenters. The summed E-state index contributed by atoms with van der Waals surface area (Å²) in [5, 5.41) is 2.90. The van der Waals surface area contributed by atoms with Crippen LogP contribution < -0.4 is 15.8 Å². The van der Waals surface area contributed by atoms with Crippen LogP contribution in [0, 0.1) is 17.6 Å². The molecule has 2 saturated carbocycles. The Hall–Kier alpha value is -2.79. The predicted octanol–water partition coefficient (Wildman–Crippen LogP) is 3.75. The van der Waals surface area contributed by atoms with Crippen molar-refractivity contribution >= 4 is 28.5 Å². The van der Waals surface area contributed by atoms with Gasteiger partial charge in [-0.2, -0.15) is 0 Å². The van der Waals surface area contributed by atoms with Crippen LogP contribution in [-0.4, -0.2) is 46.6 Å². The van der Waals surface area contributed by atoms with Gasteiger partial charge in [0.1, 0.15) is 0 Å². The van der Waals surface area contributed by atoms with Gasteiger partial charge in [-0.25, -0.2) is 18.7 Å². The van der Waals surface area contributed by atoms with Crippen molar-refractivity contribution in [3.63, 3.8) is 0 Å². The molecule has 1 amide bonds. The number of amides is 1. The number of methoxy groups -OCH3 is 2. The zero-order chi connectivity index (χ0) is 25.2. The molecule has 2 heterocycles. The molecule has 3 aliphatic rings. The highest BCUT2D eigenvalue weighted by molar-refractivity contribution is 8.15. The number of halogens is 2. The van der Waals surface area contributed by atoms with Gasteiger partial charge >= 0.3 is 0 Å². The van der Waals surface area contributed by atoms with Crippen LogP contribution in [0.25, 0.3) is 0 Å². The monoisotopic (exact) mass is 503 g/mol. The van der Waals surface area contributed by atoms with E-state index in [0.29, 0.717) is 13.0 Å². The summed E-state index contributed by atoms with van der Waals surface area (Å²) >= 11 is 1.41. The Morgan fingerprint density at radius 1 is 1.29 bits per heavy atom. The van der Waals surface area contributed by atoms with Gasteiger partial charge < -0.3 is 20.5 Å². The SMILES string of the molecule is COC[C@]12C[C@H]1[C@@](C)(c1cc(NC(=O)c3ncc(C4(C)CC4)nc3OC)cc(F)c1F)N=C(N)S2.